The molecule has 0 aliphatic carbocycles. The van der Waals surface area contributed by atoms with Crippen molar-refractivity contribution in [3.8, 4) is 0 Å². The zero-order chi connectivity index (χ0) is 16.1. The fourth-order valence-electron chi connectivity index (χ4n) is 2.18. The third kappa shape index (κ3) is 3.36. The second kappa shape index (κ2) is 6.93. The van der Waals surface area contributed by atoms with E-state index in [1.54, 1.807) is 0 Å². The summed E-state index contributed by atoms with van der Waals surface area (Å²) in [7, 11) is 1.22. The highest BCUT2D eigenvalue weighted by Crippen LogP contribution is 2.21. The fraction of sp³-hybridized carbons (Fsp3) is 0.400. The smallest absolute Gasteiger partial charge is 0.413 e. The van der Waals surface area contributed by atoms with Crippen molar-refractivity contribution in [2.75, 3.05) is 13.8 Å². The highest BCUT2D eigenvalue weighted by Gasteiger charge is 2.45. The number of benzene rings is 1. The first-order valence-corrected chi connectivity index (χ1v) is 6.76. The lowest BCUT2D eigenvalue weighted by molar-refractivity contribution is -0.151. The number of ether oxygens (including phenoxy) is 3. The van der Waals surface area contributed by atoms with Gasteiger partial charge in [-0.1, -0.05) is 30.3 Å². The van der Waals surface area contributed by atoms with Gasteiger partial charge in [0.2, 0.25) is 0 Å². The molecular weight excluding hydrogens is 290 g/mol. The molecule has 1 heterocycles. The summed E-state index contributed by atoms with van der Waals surface area (Å²) in [6.07, 6.45) is -0.713. The molecule has 1 aromatic rings. The molecule has 7 heteroatoms. The monoisotopic (exact) mass is 307 g/mol. The lowest BCUT2D eigenvalue weighted by Crippen LogP contribution is -2.45. The number of rotatable bonds is 4. The number of cyclic esters (lactones) is 1. The van der Waals surface area contributed by atoms with E-state index < -0.39 is 30.0 Å². The minimum absolute atomic E-state index is 0.0731. The fourth-order valence-corrected chi connectivity index (χ4v) is 2.18. The Kier molecular flexibility index (Phi) is 4.98. The first kappa shape index (κ1) is 15.8. The molecule has 0 saturated carbocycles. The van der Waals surface area contributed by atoms with Crippen LogP contribution in [-0.4, -0.2) is 42.8 Å². The Labute approximate surface area is 127 Å². The molecule has 1 unspecified atom stereocenters. The maximum absolute atomic E-state index is 12.1. The minimum Gasteiger partial charge on any atom is -0.469 e. The molecule has 0 bridgehead atoms. The van der Waals surface area contributed by atoms with E-state index in [1.165, 1.54) is 14.0 Å². The zero-order valence-electron chi connectivity index (χ0n) is 12.4. The van der Waals surface area contributed by atoms with Crippen molar-refractivity contribution in [2.24, 2.45) is 5.92 Å². The lowest BCUT2D eigenvalue weighted by Gasteiger charge is -2.23. The molecule has 0 spiro atoms. The average Bonchev–Trinajstić information content (AvgIpc) is 2.93. The number of amides is 1. The van der Waals surface area contributed by atoms with Crippen LogP contribution in [0, 0.1) is 5.92 Å². The maximum atomic E-state index is 12.1. The Hall–Kier alpha value is -2.57. The van der Waals surface area contributed by atoms with Crippen molar-refractivity contribution in [3.63, 3.8) is 0 Å². The molecule has 0 N–H and O–H groups in total. The van der Waals surface area contributed by atoms with E-state index in [4.69, 9.17) is 9.47 Å². The molecule has 0 aromatic heterocycles. The predicted octanol–water partition coefficient (Wildman–Crippen LogP) is 1.32. The summed E-state index contributed by atoms with van der Waals surface area (Å²) in [5.74, 6) is -2.07. The van der Waals surface area contributed by atoms with Crippen LogP contribution in [0.5, 0.6) is 0 Å². The van der Waals surface area contributed by atoms with Crippen LogP contribution in [0.4, 0.5) is 4.79 Å². The van der Waals surface area contributed by atoms with E-state index in [1.807, 2.05) is 30.3 Å². The molecule has 1 saturated heterocycles. The number of carbonyl (C=O) groups is 3. The minimum atomic E-state index is -1.03. The van der Waals surface area contributed by atoms with Gasteiger partial charge in [0.1, 0.15) is 12.6 Å². The molecule has 1 aliphatic heterocycles. The highest BCUT2D eigenvalue weighted by atomic mass is 16.6. The number of hydrogen-bond acceptors (Lipinski definition) is 6. The van der Waals surface area contributed by atoms with E-state index in [2.05, 4.69) is 4.74 Å². The number of esters is 2. The van der Waals surface area contributed by atoms with E-state index in [0.717, 1.165) is 10.5 Å². The van der Waals surface area contributed by atoms with Gasteiger partial charge < -0.3 is 14.2 Å². The number of carbonyl (C=O) groups excluding carboxylic acids is 3. The van der Waals surface area contributed by atoms with Gasteiger partial charge in [-0.15, -0.1) is 0 Å². The first-order chi connectivity index (χ1) is 10.5. The van der Waals surface area contributed by atoms with Gasteiger partial charge in [-0.25, -0.2) is 9.59 Å². The van der Waals surface area contributed by atoms with Crippen LogP contribution in [0.3, 0.4) is 0 Å². The second-order valence-corrected chi connectivity index (χ2v) is 4.86. The molecule has 1 aliphatic rings. The summed E-state index contributed by atoms with van der Waals surface area (Å²) in [6.45, 7) is 1.34. The molecule has 1 fully saturated rings. The Morgan fingerprint density at radius 1 is 1.36 bits per heavy atom. The lowest BCUT2D eigenvalue weighted by atomic mass is 10.0. The molecule has 118 valence electrons. The van der Waals surface area contributed by atoms with Crippen LogP contribution in [0.15, 0.2) is 30.3 Å². The number of methoxy groups -OCH3 is 1. The van der Waals surface area contributed by atoms with Gasteiger partial charge in [0.15, 0.2) is 6.73 Å². The van der Waals surface area contributed by atoms with Crippen molar-refractivity contribution in [1.29, 1.82) is 0 Å². The van der Waals surface area contributed by atoms with Crippen LogP contribution in [0.2, 0.25) is 0 Å². The van der Waals surface area contributed by atoms with Gasteiger partial charge in [-0.3, -0.25) is 9.69 Å². The molecule has 22 heavy (non-hydrogen) atoms. The summed E-state index contributed by atoms with van der Waals surface area (Å²) >= 11 is 0. The van der Waals surface area contributed by atoms with Gasteiger partial charge in [0.25, 0.3) is 0 Å². The largest absolute Gasteiger partial charge is 0.469 e. The van der Waals surface area contributed by atoms with Crippen molar-refractivity contribution >= 4 is 18.0 Å². The number of nitrogens with zero attached hydrogens (tertiary/aromatic N) is 1. The van der Waals surface area contributed by atoms with Crippen molar-refractivity contribution in [2.45, 2.75) is 19.6 Å². The van der Waals surface area contributed by atoms with Gasteiger partial charge in [0.05, 0.1) is 13.0 Å². The van der Waals surface area contributed by atoms with Crippen LogP contribution in [0.25, 0.3) is 0 Å². The van der Waals surface area contributed by atoms with E-state index in [-0.39, 0.29) is 13.3 Å². The van der Waals surface area contributed by atoms with Gasteiger partial charge in [-0.2, -0.15) is 0 Å². The van der Waals surface area contributed by atoms with Crippen LogP contribution in [-0.2, 0) is 30.4 Å². The summed E-state index contributed by atoms with van der Waals surface area (Å²) in [5, 5.41) is 0. The molecule has 2 atom stereocenters. The van der Waals surface area contributed by atoms with E-state index in [0.29, 0.717) is 0 Å². The van der Waals surface area contributed by atoms with Gasteiger partial charge in [-0.05, 0) is 12.5 Å². The molecular formula is C15H17NO6. The number of hydrogen-bond donors (Lipinski definition) is 0. The van der Waals surface area contributed by atoms with Crippen molar-refractivity contribution in [1.82, 2.24) is 4.90 Å². The summed E-state index contributed by atoms with van der Waals surface area (Å²) < 4.78 is 14.6. The first-order valence-electron chi connectivity index (χ1n) is 6.76. The molecule has 7 nitrogen and oxygen atoms in total. The third-order valence-electron chi connectivity index (χ3n) is 3.41. The Morgan fingerprint density at radius 2 is 2.05 bits per heavy atom. The van der Waals surface area contributed by atoms with Crippen LogP contribution >= 0.6 is 0 Å². The molecule has 2 rings (SSSR count). The second-order valence-electron chi connectivity index (χ2n) is 4.86. The highest BCUT2D eigenvalue weighted by molar-refractivity contribution is 5.89. The third-order valence-corrected chi connectivity index (χ3v) is 3.41. The summed E-state index contributed by atoms with van der Waals surface area (Å²) in [4.78, 5) is 36.5. The zero-order valence-corrected chi connectivity index (χ0v) is 12.4. The average molecular weight is 307 g/mol. The standard InChI is InChI=1S/C15H17NO6/c1-10(13(17)20-2)12-14(18)22-9-16(12)15(19)21-8-11-6-4-3-5-7-11/h3-7,10,12H,8-9H2,1-2H3/t10?,12-/m0/s1. The summed E-state index contributed by atoms with van der Waals surface area (Å²) in [6, 6.07) is 8.10. The van der Waals surface area contributed by atoms with E-state index in [9.17, 15) is 14.4 Å². The van der Waals surface area contributed by atoms with E-state index >= 15 is 0 Å². The summed E-state index contributed by atoms with van der Waals surface area (Å²) in [5.41, 5.74) is 0.819. The van der Waals surface area contributed by atoms with Crippen molar-refractivity contribution < 1.29 is 28.6 Å². The van der Waals surface area contributed by atoms with Gasteiger partial charge >= 0.3 is 18.0 Å². The van der Waals surface area contributed by atoms with Crippen LogP contribution in [0.1, 0.15) is 12.5 Å². The Balaban J connectivity index is 2.01. The Bertz CT molecular complexity index is 558. The van der Waals surface area contributed by atoms with Crippen LogP contribution < -0.4 is 0 Å². The quantitative estimate of drug-likeness (QED) is 0.616. The van der Waals surface area contributed by atoms with Gasteiger partial charge in [0, 0.05) is 0 Å². The maximum Gasteiger partial charge on any atom is 0.413 e. The topological polar surface area (TPSA) is 82.1 Å². The Morgan fingerprint density at radius 3 is 2.68 bits per heavy atom. The van der Waals surface area contributed by atoms with Crippen molar-refractivity contribution in [3.05, 3.63) is 35.9 Å². The molecule has 1 aromatic carbocycles. The normalized spacial score (nSPS) is 18.5. The molecule has 0 radical (unpaired) electrons. The predicted molar refractivity (Wildman–Crippen MR) is 74.4 cm³/mol. The SMILES string of the molecule is COC(=O)C(C)[C@H]1C(=O)OCN1C(=O)OCc1ccccc1. The molecule has 1 amide bonds.